The fraction of sp³-hybridized carbons (Fsp3) is 0.250. The minimum atomic E-state index is -1.01. The number of aryl methyl sites for hydroxylation is 2. The molecule has 2 aromatic heterocycles. The van der Waals surface area contributed by atoms with Crippen molar-refractivity contribution in [2.75, 3.05) is 12.4 Å². The zero-order valence-corrected chi connectivity index (χ0v) is 18.6. The zero-order valence-electron chi connectivity index (χ0n) is 16.2. The van der Waals surface area contributed by atoms with Crippen LogP contribution in [0.15, 0.2) is 29.0 Å². The van der Waals surface area contributed by atoms with Crippen LogP contribution < -0.4 is 10.1 Å². The SMILES string of the molecule is COc1cc(Cl)c(C)cc1NC(=O)C(C)OC(=O)c1sc(-c2ccsc2)nc1C. The van der Waals surface area contributed by atoms with E-state index in [0.29, 0.717) is 27.0 Å². The Bertz CT molecular complexity index is 1050. The van der Waals surface area contributed by atoms with E-state index >= 15 is 0 Å². The molecule has 0 saturated heterocycles. The highest BCUT2D eigenvalue weighted by Gasteiger charge is 2.24. The Balaban J connectivity index is 1.70. The van der Waals surface area contributed by atoms with Crippen molar-refractivity contribution < 1.29 is 19.1 Å². The molecule has 6 nitrogen and oxygen atoms in total. The van der Waals surface area contributed by atoms with E-state index in [1.807, 2.05) is 23.8 Å². The molecule has 9 heteroatoms. The molecule has 29 heavy (non-hydrogen) atoms. The Morgan fingerprint density at radius 1 is 1.28 bits per heavy atom. The maximum Gasteiger partial charge on any atom is 0.351 e. The van der Waals surface area contributed by atoms with Crippen molar-refractivity contribution >= 4 is 51.8 Å². The highest BCUT2D eigenvalue weighted by Crippen LogP contribution is 2.32. The number of rotatable bonds is 6. The molecule has 0 bridgehead atoms. The lowest BCUT2D eigenvalue weighted by Gasteiger charge is -2.16. The molecule has 1 N–H and O–H groups in total. The average Bonchev–Trinajstić information content (AvgIpc) is 3.33. The molecule has 1 atom stereocenters. The lowest BCUT2D eigenvalue weighted by Crippen LogP contribution is -2.30. The van der Waals surface area contributed by atoms with Gasteiger partial charge in [-0.1, -0.05) is 11.6 Å². The summed E-state index contributed by atoms with van der Waals surface area (Å²) in [5.74, 6) is -0.631. The van der Waals surface area contributed by atoms with Crippen molar-refractivity contribution in [1.29, 1.82) is 0 Å². The fourth-order valence-corrected chi connectivity index (χ4v) is 4.34. The molecular weight excluding hydrogens is 432 g/mol. The Labute approximate surface area is 181 Å². The van der Waals surface area contributed by atoms with Crippen LogP contribution in [0.5, 0.6) is 5.75 Å². The number of carbonyl (C=O) groups is 2. The molecule has 3 rings (SSSR count). The average molecular weight is 451 g/mol. The van der Waals surface area contributed by atoms with Crippen LogP contribution in [0.3, 0.4) is 0 Å². The summed E-state index contributed by atoms with van der Waals surface area (Å²) < 4.78 is 10.6. The second-order valence-electron chi connectivity index (χ2n) is 6.28. The number of hydrogen-bond acceptors (Lipinski definition) is 7. The smallest absolute Gasteiger partial charge is 0.351 e. The summed E-state index contributed by atoms with van der Waals surface area (Å²) >= 11 is 8.89. The third-order valence-corrected chi connectivity index (χ3v) is 6.42. The maximum absolute atomic E-state index is 12.6. The molecule has 0 spiro atoms. The summed E-state index contributed by atoms with van der Waals surface area (Å²) in [6.07, 6.45) is -1.01. The number of esters is 1. The number of halogens is 1. The van der Waals surface area contributed by atoms with Crippen molar-refractivity contribution in [2.45, 2.75) is 26.9 Å². The quantitative estimate of drug-likeness (QED) is 0.513. The normalized spacial score (nSPS) is 11.8. The van der Waals surface area contributed by atoms with Crippen molar-refractivity contribution in [3.05, 3.63) is 50.1 Å². The summed E-state index contributed by atoms with van der Waals surface area (Å²) in [6, 6.07) is 5.26. The number of nitrogens with one attached hydrogen (secondary N) is 1. The van der Waals surface area contributed by atoms with E-state index in [-0.39, 0.29) is 0 Å². The van der Waals surface area contributed by atoms with Crippen LogP contribution in [0.4, 0.5) is 5.69 Å². The summed E-state index contributed by atoms with van der Waals surface area (Å²) in [6.45, 7) is 5.08. The fourth-order valence-electron chi connectivity index (χ4n) is 2.53. The topological polar surface area (TPSA) is 77.5 Å². The van der Waals surface area contributed by atoms with Gasteiger partial charge in [-0.15, -0.1) is 11.3 Å². The van der Waals surface area contributed by atoms with Gasteiger partial charge < -0.3 is 14.8 Å². The predicted octanol–water partition coefficient (Wildman–Crippen LogP) is 5.33. The second-order valence-corrected chi connectivity index (χ2v) is 8.47. The van der Waals surface area contributed by atoms with Crippen molar-refractivity contribution in [2.24, 2.45) is 0 Å². The van der Waals surface area contributed by atoms with E-state index in [1.165, 1.54) is 25.4 Å². The third-order valence-electron chi connectivity index (χ3n) is 4.14. The van der Waals surface area contributed by atoms with Gasteiger partial charge in [0.25, 0.3) is 5.91 Å². The molecule has 0 saturated carbocycles. The van der Waals surface area contributed by atoms with Crippen LogP contribution >= 0.6 is 34.3 Å². The number of benzene rings is 1. The number of amides is 1. The molecule has 0 fully saturated rings. The first-order valence-corrected chi connectivity index (χ1v) is 10.8. The monoisotopic (exact) mass is 450 g/mol. The lowest BCUT2D eigenvalue weighted by atomic mass is 10.2. The molecule has 1 aromatic carbocycles. The number of thiazole rings is 1. The molecule has 0 aliphatic carbocycles. The molecular formula is C20H19ClN2O4S2. The van der Waals surface area contributed by atoms with Gasteiger partial charge in [0.15, 0.2) is 6.10 Å². The molecule has 152 valence electrons. The van der Waals surface area contributed by atoms with E-state index in [0.717, 1.165) is 16.1 Å². The number of carbonyl (C=O) groups excluding carboxylic acids is 2. The van der Waals surface area contributed by atoms with Gasteiger partial charge in [-0.05, 0) is 43.8 Å². The van der Waals surface area contributed by atoms with Gasteiger partial charge in [-0.3, -0.25) is 4.79 Å². The summed E-state index contributed by atoms with van der Waals surface area (Å²) in [7, 11) is 1.48. The first-order valence-electron chi connectivity index (χ1n) is 8.66. The number of aromatic nitrogens is 1. The number of methoxy groups -OCH3 is 1. The lowest BCUT2D eigenvalue weighted by molar-refractivity contribution is -0.123. The second kappa shape index (κ2) is 8.94. The minimum Gasteiger partial charge on any atom is -0.495 e. The van der Waals surface area contributed by atoms with E-state index < -0.39 is 18.0 Å². The first kappa shape index (κ1) is 21.3. The van der Waals surface area contributed by atoms with Gasteiger partial charge in [-0.2, -0.15) is 11.3 Å². The first-order chi connectivity index (χ1) is 13.8. The van der Waals surface area contributed by atoms with Gasteiger partial charge in [-0.25, -0.2) is 9.78 Å². The van der Waals surface area contributed by atoms with E-state index in [9.17, 15) is 9.59 Å². The Morgan fingerprint density at radius 2 is 2.03 bits per heavy atom. The van der Waals surface area contributed by atoms with Crippen molar-refractivity contribution in [1.82, 2.24) is 4.98 Å². The number of hydrogen-bond donors (Lipinski definition) is 1. The van der Waals surface area contributed by atoms with E-state index in [1.54, 1.807) is 30.4 Å². The van der Waals surface area contributed by atoms with Crippen LogP contribution in [0, 0.1) is 13.8 Å². The minimum absolute atomic E-state index is 0.380. The van der Waals surface area contributed by atoms with E-state index in [2.05, 4.69) is 10.3 Å². The van der Waals surface area contributed by atoms with Gasteiger partial charge >= 0.3 is 5.97 Å². The molecule has 2 heterocycles. The number of anilines is 1. The number of thiophene rings is 1. The summed E-state index contributed by atoms with van der Waals surface area (Å²) in [5, 5.41) is 7.90. The Morgan fingerprint density at radius 3 is 2.69 bits per heavy atom. The predicted molar refractivity (Wildman–Crippen MR) is 116 cm³/mol. The molecule has 1 amide bonds. The standard InChI is InChI=1S/C20H19ClN2O4S2/c1-10-7-15(16(26-4)8-14(10)21)23-18(24)12(3)27-20(25)17-11(2)22-19(29-17)13-5-6-28-9-13/h5-9,12H,1-4H3,(H,23,24). The van der Waals surface area contributed by atoms with Gasteiger partial charge in [0.05, 0.1) is 18.5 Å². The van der Waals surface area contributed by atoms with E-state index in [4.69, 9.17) is 21.1 Å². The summed E-state index contributed by atoms with van der Waals surface area (Å²) in [5.41, 5.74) is 2.77. The van der Waals surface area contributed by atoms with Gasteiger partial charge in [0.2, 0.25) is 0 Å². The van der Waals surface area contributed by atoms with Crippen molar-refractivity contribution in [3.8, 4) is 16.3 Å². The van der Waals surface area contributed by atoms with Crippen LogP contribution in [0.1, 0.15) is 27.9 Å². The van der Waals surface area contributed by atoms with Crippen LogP contribution in [-0.2, 0) is 9.53 Å². The number of nitrogens with zero attached hydrogens (tertiary/aromatic N) is 1. The van der Waals surface area contributed by atoms with Crippen molar-refractivity contribution in [3.63, 3.8) is 0 Å². The third kappa shape index (κ3) is 4.77. The van der Waals surface area contributed by atoms with Gasteiger partial charge in [0, 0.05) is 22.0 Å². The van der Waals surface area contributed by atoms with Gasteiger partial charge in [0.1, 0.15) is 15.6 Å². The molecule has 0 radical (unpaired) electrons. The molecule has 0 aliphatic heterocycles. The maximum atomic E-state index is 12.6. The highest BCUT2D eigenvalue weighted by atomic mass is 35.5. The van der Waals surface area contributed by atoms with Crippen LogP contribution in [-0.4, -0.2) is 30.1 Å². The summed E-state index contributed by atoms with van der Waals surface area (Å²) in [4.78, 5) is 29.9. The Kier molecular flexibility index (Phi) is 6.56. The highest BCUT2D eigenvalue weighted by molar-refractivity contribution is 7.17. The largest absolute Gasteiger partial charge is 0.495 e. The zero-order chi connectivity index (χ0) is 21.1. The molecule has 3 aromatic rings. The Hall–Kier alpha value is -2.42. The molecule has 0 aliphatic rings. The number of ether oxygens (including phenoxy) is 2. The van der Waals surface area contributed by atoms with Crippen LogP contribution in [0.25, 0.3) is 10.6 Å². The van der Waals surface area contributed by atoms with Crippen LogP contribution in [0.2, 0.25) is 5.02 Å². The molecule has 1 unspecified atom stereocenters.